The summed E-state index contributed by atoms with van der Waals surface area (Å²) in [5.41, 5.74) is 11.6. The summed E-state index contributed by atoms with van der Waals surface area (Å²) in [6, 6.07) is 5.33. The number of hydrogen-bond donors (Lipinski definition) is 2. The van der Waals surface area contributed by atoms with Crippen LogP contribution in [0, 0.1) is 0 Å². The summed E-state index contributed by atoms with van der Waals surface area (Å²) in [7, 11) is 0. The third-order valence-corrected chi connectivity index (χ3v) is 1.81. The molecule has 4 N–H and O–H groups in total. The van der Waals surface area contributed by atoms with Crippen molar-refractivity contribution in [2.24, 2.45) is 5.73 Å². The number of aromatic nitrogens is 2. The number of nitrogens with two attached hydrogens (primary N) is 2. The van der Waals surface area contributed by atoms with E-state index in [1.165, 1.54) is 4.52 Å². The van der Waals surface area contributed by atoms with Crippen molar-refractivity contribution in [2.45, 2.75) is 0 Å². The molecule has 13 heavy (non-hydrogen) atoms. The highest BCUT2D eigenvalue weighted by molar-refractivity contribution is 6.04. The fourth-order valence-corrected chi connectivity index (χ4v) is 1.27. The van der Waals surface area contributed by atoms with Gasteiger partial charge in [0.2, 0.25) is 0 Å². The number of nitrogen functional groups attached to an aromatic ring is 1. The van der Waals surface area contributed by atoms with Crippen molar-refractivity contribution < 1.29 is 4.79 Å². The zero-order valence-corrected chi connectivity index (χ0v) is 6.77. The lowest BCUT2D eigenvalue weighted by Crippen LogP contribution is -2.12. The lowest BCUT2D eigenvalue weighted by Gasteiger charge is -1.92. The van der Waals surface area contributed by atoms with Gasteiger partial charge in [0.25, 0.3) is 5.91 Å². The second-order valence-electron chi connectivity index (χ2n) is 2.65. The van der Waals surface area contributed by atoms with Crippen LogP contribution in [-0.4, -0.2) is 15.5 Å². The number of pyridine rings is 1. The van der Waals surface area contributed by atoms with Gasteiger partial charge in [-0.1, -0.05) is 6.07 Å². The molecule has 0 saturated carbocycles. The predicted molar refractivity (Wildman–Crippen MR) is 48.1 cm³/mol. The highest BCUT2D eigenvalue weighted by Crippen LogP contribution is 2.15. The van der Waals surface area contributed by atoms with Crippen LogP contribution >= 0.6 is 0 Å². The van der Waals surface area contributed by atoms with E-state index < -0.39 is 5.91 Å². The summed E-state index contributed by atoms with van der Waals surface area (Å²) < 4.78 is 1.52. The van der Waals surface area contributed by atoms with E-state index in [1.807, 2.05) is 0 Å². The molecule has 0 atom stereocenters. The third kappa shape index (κ3) is 1.01. The van der Waals surface area contributed by atoms with Crippen LogP contribution in [0.25, 0.3) is 5.52 Å². The van der Waals surface area contributed by atoms with Crippen LogP contribution in [0.2, 0.25) is 0 Å². The fraction of sp³-hybridized carbons (Fsp3) is 0. The van der Waals surface area contributed by atoms with E-state index >= 15 is 0 Å². The van der Waals surface area contributed by atoms with Crippen LogP contribution in [0.15, 0.2) is 24.4 Å². The van der Waals surface area contributed by atoms with Crippen LogP contribution in [0.3, 0.4) is 0 Å². The van der Waals surface area contributed by atoms with Gasteiger partial charge in [0.05, 0.1) is 5.52 Å². The number of anilines is 1. The van der Waals surface area contributed by atoms with Crippen LogP contribution < -0.4 is 11.5 Å². The molecule has 0 aliphatic heterocycles. The van der Waals surface area contributed by atoms with Crippen molar-refractivity contribution in [2.75, 3.05) is 5.73 Å². The standard InChI is InChI=1S/C8H8N4O/c9-7-6(8(10)13)5-3-1-2-4-12(5)11-7/h1-4H,(H2,9,11)(H2,10,13). The number of carbonyl (C=O) groups excluding carboxylic acids is 1. The van der Waals surface area contributed by atoms with Gasteiger partial charge < -0.3 is 11.5 Å². The smallest absolute Gasteiger partial charge is 0.254 e. The number of primary amides is 1. The summed E-state index contributed by atoms with van der Waals surface area (Å²) in [6.45, 7) is 0. The second kappa shape index (κ2) is 2.48. The minimum Gasteiger partial charge on any atom is -0.382 e. The van der Waals surface area contributed by atoms with Crippen LogP contribution in [0.4, 0.5) is 5.82 Å². The molecule has 0 radical (unpaired) electrons. The van der Waals surface area contributed by atoms with Crippen molar-refractivity contribution in [3.05, 3.63) is 30.0 Å². The Morgan fingerprint density at radius 3 is 2.92 bits per heavy atom. The largest absolute Gasteiger partial charge is 0.382 e. The maximum atomic E-state index is 11.0. The first-order chi connectivity index (χ1) is 6.20. The van der Waals surface area contributed by atoms with E-state index in [1.54, 1.807) is 24.4 Å². The molecule has 0 spiro atoms. The van der Waals surface area contributed by atoms with E-state index in [2.05, 4.69) is 5.10 Å². The van der Waals surface area contributed by atoms with E-state index in [-0.39, 0.29) is 11.4 Å². The Kier molecular flexibility index (Phi) is 1.45. The Bertz CT molecular complexity index is 474. The van der Waals surface area contributed by atoms with Crippen LogP contribution in [0.5, 0.6) is 0 Å². The van der Waals surface area contributed by atoms with Crippen LogP contribution in [0.1, 0.15) is 10.4 Å². The molecule has 5 nitrogen and oxygen atoms in total. The molecule has 0 fully saturated rings. The van der Waals surface area contributed by atoms with E-state index in [9.17, 15) is 4.79 Å². The Labute approximate surface area is 73.9 Å². The predicted octanol–water partition coefficient (Wildman–Crippen LogP) is 0.0154. The van der Waals surface area contributed by atoms with Gasteiger partial charge in [0.1, 0.15) is 5.56 Å². The number of hydrogen-bond acceptors (Lipinski definition) is 3. The molecule has 2 aromatic rings. The molecule has 2 heterocycles. The highest BCUT2D eigenvalue weighted by Gasteiger charge is 2.13. The maximum absolute atomic E-state index is 11.0. The molecule has 5 heteroatoms. The molecule has 2 aromatic heterocycles. The molecular formula is C8H8N4O. The first-order valence-electron chi connectivity index (χ1n) is 3.73. The summed E-state index contributed by atoms with van der Waals surface area (Å²) in [5, 5.41) is 3.93. The molecular weight excluding hydrogens is 168 g/mol. The van der Waals surface area contributed by atoms with Gasteiger partial charge in [-0.25, -0.2) is 4.52 Å². The SMILES string of the molecule is NC(=O)c1c(N)nn2ccccc12. The minimum absolute atomic E-state index is 0.165. The quantitative estimate of drug-likeness (QED) is 0.641. The van der Waals surface area contributed by atoms with Crippen molar-refractivity contribution in [1.82, 2.24) is 9.61 Å². The highest BCUT2D eigenvalue weighted by atomic mass is 16.1. The van der Waals surface area contributed by atoms with Gasteiger partial charge in [-0.3, -0.25) is 4.79 Å². The molecule has 66 valence electrons. The topological polar surface area (TPSA) is 86.4 Å². The molecule has 0 bridgehead atoms. The number of nitrogens with zero attached hydrogens (tertiary/aromatic N) is 2. The Morgan fingerprint density at radius 2 is 2.23 bits per heavy atom. The number of fused-ring (bicyclic) bond motifs is 1. The van der Waals surface area contributed by atoms with Crippen molar-refractivity contribution in [3.63, 3.8) is 0 Å². The minimum atomic E-state index is -0.557. The van der Waals surface area contributed by atoms with Crippen molar-refractivity contribution in [3.8, 4) is 0 Å². The zero-order chi connectivity index (χ0) is 9.42. The lowest BCUT2D eigenvalue weighted by molar-refractivity contribution is 0.100. The number of amides is 1. The summed E-state index contributed by atoms with van der Waals surface area (Å²) >= 11 is 0. The molecule has 0 unspecified atom stereocenters. The first kappa shape index (κ1) is 7.60. The van der Waals surface area contributed by atoms with Gasteiger partial charge in [0, 0.05) is 6.20 Å². The lowest BCUT2D eigenvalue weighted by atomic mass is 10.2. The maximum Gasteiger partial charge on any atom is 0.254 e. The molecule has 0 aliphatic rings. The average Bonchev–Trinajstić information content (AvgIpc) is 2.39. The van der Waals surface area contributed by atoms with Gasteiger partial charge in [0.15, 0.2) is 5.82 Å². The molecule has 0 aliphatic carbocycles. The Morgan fingerprint density at radius 1 is 1.46 bits per heavy atom. The van der Waals surface area contributed by atoms with Crippen molar-refractivity contribution in [1.29, 1.82) is 0 Å². The van der Waals surface area contributed by atoms with Crippen molar-refractivity contribution >= 4 is 17.2 Å². The van der Waals surface area contributed by atoms with E-state index in [0.29, 0.717) is 5.52 Å². The zero-order valence-electron chi connectivity index (χ0n) is 6.77. The number of rotatable bonds is 1. The van der Waals surface area contributed by atoms with Gasteiger partial charge in [-0.15, -0.1) is 5.10 Å². The van der Waals surface area contributed by atoms with Gasteiger partial charge in [-0.05, 0) is 12.1 Å². The number of carbonyl (C=O) groups is 1. The fourth-order valence-electron chi connectivity index (χ4n) is 1.27. The Balaban J connectivity index is 2.86. The van der Waals surface area contributed by atoms with Gasteiger partial charge in [-0.2, -0.15) is 0 Å². The summed E-state index contributed by atoms with van der Waals surface area (Å²) in [4.78, 5) is 11.0. The summed E-state index contributed by atoms with van der Waals surface area (Å²) in [5.74, 6) is -0.391. The summed E-state index contributed by atoms with van der Waals surface area (Å²) in [6.07, 6.45) is 1.71. The van der Waals surface area contributed by atoms with Gasteiger partial charge >= 0.3 is 0 Å². The molecule has 0 saturated heterocycles. The second-order valence-corrected chi connectivity index (χ2v) is 2.65. The first-order valence-corrected chi connectivity index (χ1v) is 3.73. The normalized spacial score (nSPS) is 10.5. The molecule has 0 aromatic carbocycles. The van der Waals surface area contributed by atoms with Crippen LogP contribution in [-0.2, 0) is 0 Å². The average molecular weight is 176 g/mol. The molecule has 1 amide bonds. The Hall–Kier alpha value is -2.04. The van der Waals surface area contributed by atoms with E-state index in [4.69, 9.17) is 11.5 Å². The molecule has 2 rings (SSSR count). The van der Waals surface area contributed by atoms with E-state index in [0.717, 1.165) is 0 Å². The third-order valence-electron chi connectivity index (χ3n) is 1.81. The monoisotopic (exact) mass is 176 g/mol.